The van der Waals surface area contributed by atoms with E-state index in [0.29, 0.717) is 47.1 Å². The molecule has 2 aromatic carbocycles. The highest BCUT2D eigenvalue weighted by Gasteiger charge is 2.31. The average molecular weight is 880 g/mol. The first-order chi connectivity index (χ1) is 31.3. The summed E-state index contributed by atoms with van der Waals surface area (Å²) in [6.07, 6.45) is 13.0. The zero-order valence-electron chi connectivity index (χ0n) is 36.4. The summed E-state index contributed by atoms with van der Waals surface area (Å²) in [6, 6.07) is 19.6. The Labute approximate surface area is 379 Å². The molecule has 0 spiro atoms. The van der Waals surface area contributed by atoms with Crippen molar-refractivity contribution in [2.24, 2.45) is 5.92 Å². The molecule has 2 saturated heterocycles. The highest BCUT2D eigenvalue weighted by atomic mass is 35.5. The SMILES string of the molecule is CC(=O)N1CCc2c(c(-c3cccc4cc(C#CCCCC5CCN(c6ccc(C(=O)NC7CCC(Oc8ccc(C#N)c(Cl)c8)CC7)nn6)CC5)ncc34)nn2C2CCOCC2)C1. The fourth-order valence-electron chi connectivity index (χ4n) is 9.74. The lowest BCUT2D eigenvalue weighted by atomic mass is 9.91. The number of benzene rings is 2. The third-order valence-electron chi connectivity index (χ3n) is 13.4. The second-order valence-corrected chi connectivity index (χ2v) is 18.0. The molecule has 0 unspecified atom stereocenters. The lowest BCUT2D eigenvalue weighted by Crippen LogP contribution is -2.40. The molecule has 14 heteroatoms. The van der Waals surface area contributed by atoms with Crippen LogP contribution in [0.1, 0.15) is 117 Å². The van der Waals surface area contributed by atoms with Crippen LogP contribution in [0.5, 0.6) is 5.75 Å². The van der Waals surface area contributed by atoms with E-state index >= 15 is 0 Å². The minimum atomic E-state index is -0.206. The van der Waals surface area contributed by atoms with Gasteiger partial charge >= 0.3 is 0 Å². The molecule has 1 saturated carbocycles. The van der Waals surface area contributed by atoms with Crippen molar-refractivity contribution in [2.75, 3.05) is 37.7 Å². The first-order valence-electron chi connectivity index (χ1n) is 22.9. The van der Waals surface area contributed by atoms with Crippen molar-refractivity contribution < 1.29 is 19.1 Å². The average Bonchev–Trinajstić information content (AvgIpc) is 3.71. The summed E-state index contributed by atoms with van der Waals surface area (Å²) >= 11 is 6.16. The molecule has 6 heterocycles. The monoisotopic (exact) mass is 879 g/mol. The number of nitriles is 1. The topological polar surface area (TPSA) is 151 Å². The summed E-state index contributed by atoms with van der Waals surface area (Å²) in [5.41, 5.74) is 5.89. The van der Waals surface area contributed by atoms with Gasteiger partial charge in [-0.1, -0.05) is 35.7 Å². The molecule has 5 aromatic rings. The number of unbranched alkanes of at least 4 members (excludes halogenated alkanes) is 1. The van der Waals surface area contributed by atoms with Crippen LogP contribution < -0.4 is 15.0 Å². The van der Waals surface area contributed by atoms with Crippen LogP contribution in [-0.2, 0) is 22.5 Å². The quantitative estimate of drug-likeness (QED) is 0.107. The van der Waals surface area contributed by atoms with Gasteiger partial charge in [-0.2, -0.15) is 10.4 Å². The molecule has 2 amide bonds. The number of anilines is 1. The van der Waals surface area contributed by atoms with Crippen molar-refractivity contribution in [3.8, 4) is 34.9 Å². The van der Waals surface area contributed by atoms with Gasteiger partial charge in [0.25, 0.3) is 5.91 Å². The highest BCUT2D eigenvalue weighted by Crippen LogP contribution is 2.37. The highest BCUT2D eigenvalue weighted by molar-refractivity contribution is 6.31. The lowest BCUT2D eigenvalue weighted by molar-refractivity contribution is -0.129. The van der Waals surface area contributed by atoms with Gasteiger partial charge < -0.3 is 24.6 Å². The number of fused-ring (bicyclic) bond motifs is 2. The van der Waals surface area contributed by atoms with Crippen LogP contribution in [0.25, 0.3) is 22.0 Å². The number of hydrogen-bond donors (Lipinski definition) is 1. The van der Waals surface area contributed by atoms with Gasteiger partial charge in [0.1, 0.15) is 17.5 Å². The van der Waals surface area contributed by atoms with Crippen molar-refractivity contribution in [3.05, 3.63) is 94.0 Å². The second kappa shape index (κ2) is 19.8. The summed E-state index contributed by atoms with van der Waals surface area (Å²) in [6.45, 7) is 6.24. The minimum Gasteiger partial charge on any atom is -0.490 e. The van der Waals surface area contributed by atoms with Crippen LogP contribution in [-0.4, -0.2) is 86.7 Å². The minimum absolute atomic E-state index is 0.0325. The molecule has 3 aliphatic heterocycles. The molecule has 13 nitrogen and oxygen atoms in total. The number of rotatable bonds is 10. The lowest BCUT2D eigenvalue weighted by Gasteiger charge is -2.32. The number of carbonyl (C=O) groups excluding carboxylic acids is 2. The Bertz CT molecular complexity index is 2590. The van der Waals surface area contributed by atoms with Gasteiger partial charge in [0.15, 0.2) is 11.5 Å². The molecule has 330 valence electrons. The van der Waals surface area contributed by atoms with E-state index in [9.17, 15) is 9.59 Å². The molecule has 0 atom stereocenters. The number of nitrogens with one attached hydrogen (secondary N) is 1. The van der Waals surface area contributed by atoms with Crippen molar-refractivity contribution in [1.82, 2.24) is 35.2 Å². The van der Waals surface area contributed by atoms with E-state index in [0.717, 1.165) is 142 Å². The normalized spacial score (nSPS) is 19.3. The Kier molecular flexibility index (Phi) is 13.4. The van der Waals surface area contributed by atoms with Gasteiger partial charge in [-0.25, -0.2) is 4.98 Å². The third-order valence-corrected chi connectivity index (χ3v) is 13.7. The van der Waals surface area contributed by atoms with Crippen molar-refractivity contribution in [3.63, 3.8) is 0 Å². The van der Waals surface area contributed by atoms with Crippen molar-refractivity contribution in [1.29, 1.82) is 5.26 Å². The largest absolute Gasteiger partial charge is 0.490 e. The number of hydrogen-bond acceptors (Lipinski definition) is 10. The molecule has 1 aliphatic carbocycles. The maximum absolute atomic E-state index is 13.0. The summed E-state index contributed by atoms with van der Waals surface area (Å²) in [5, 5.41) is 28.7. The van der Waals surface area contributed by atoms with Gasteiger partial charge in [0, 0.05) is 99.7 Å². The molecule has 1 N–H and O–H groups in total. The first-order valence-corrected chi connectivity index (χ1v) is 23.2. The predicted octanol–water partition coefficient (Wildman–Crippen LogP) is 8.23. The molecule has 9 rings (SSSR count). The van der Waals surface area contributed by atoms with Crippen LogP contribution in [0.3, 0.4) is 0 Å². The number of halogens is 1. The van der Waals surface area contributed by atoms with E-state index in [2.05, 4.69) is 67.3 Å². The summed E-state index contributed by atoms with van der Waals surface area (Å²) < 4.78 is 14.0. The van der Waals surface area contributed by atoms with E-state index in [1.165, 1.54) is 5.69 Å². The van der Waals surface area contributed by atoms with Gasteiger partial charge in [-0.15, -0.1) is 10.2 Å². The van der Waals surface area contributed by atoms with Gasteiger partial charge in [0.05, 0.1) is 28.4 Å². The van der Waals surface area contributed by atoms with Gasteiger partial charge in [-0.3, -0.25) is 14.3 Å². The number of ether oxygens (including phenoxy) is 2. The number of carbonyl (C=O) groups is 2. The Balaban J connectivity index is 0.728. The number of nitrogens with zero attached hydrogens (tertiary/aromatic N) is 8. The molecule has 4 aliphatic rings. The van der Waals surface area contributed by atoms with Crippen LogP contribution in [0.4, 0.5) is 5.82 Å². The fourth-order valence-corrected chi connectivity index (χ4v) is 9.96. The molecule has 0 radical (unpaired) electrons. The number of aromatic nitrogens is 5. The second-order valence-electron chi connectivity index (χ2n) is 17.6. The molecule has 64 heavy (non-hydrogen) atoms. The standard InChI is InChI=1S/C50H54ClN9O4/c1-33(61)59-25-20-47-44(32-59)49(57-60(47)39-21-26-63-27-22-39)42-9-5-7-35-28-38(53-31-43(35)42)8-4-2-3-6-34-18-23-58(24-19-34)48-17-16-46(55-56-48)50(62)54-37-11-14-40(15-12-37)64-41-13-10-36(30-52)45(51)29-41/h5,7,9-10,13,16-17,28-29,31,34,37,39-40H,2-3,6,11-12,14-15,18-27,32H2,1H3,(H,54,62). The number of pyridine rings is 1. The van der Waals surface area contributed by atoms with E-state index < -0.39 is 0 Å². The van der Waals surface area contributed by atoms with Crippen LogP contribution in [0.15, 0.2) is 60.8 Å². The van der Waals surface area contributed by atoms with E-state index in [1.807, 2.05) is 17.2 Å². The fraction of sp³-hybridized carbons (Fsp3) is 0.460. The third kappa shape index (κ3) is 9.86. The van der Waals surface area contributed by atoms with Crippen LogP contribution >= 0.6 is 11.6 Å². The maximum atomic E-state index is 13.0. The summed E-state index contributed by atoms with van der Waals surface area (Å²) in [4.78, 5) is 34.4. The van der Waals surface area contributed by atoms with Crippen molar-refractivity contribution in [2.45, 2.75) is 109 Å². The van der Waals surface area contributed by atoms with Crippen molar-refractivity contribution >= 4 is 40.0 Å². The Hall–Kier alpha value is -6.02. The molecular formula is C50H54ClN9O4. The van der Waals surface area contributed by atoms with Crippen LogP contribution in [0, 0.1) is 29.1 Å². The number of amides is 2. The van der Waals surface area contributed by atoms with Gasteiger partial charge in [-0.05, 0) is 112 Å². The summed E-state index contributed by atoms with van der Waals surface area (Å²) in [7, 11) is 0. The first kappa shape index (κ1) is 43.2. The van der Waals surface area contributed by atoms with E-state index in [1.54, 1.807) is 31.2 Å². The molecular weight excluding hydrogens is 826 g/mol. The van der Waals surface area contributed by atoms with E-state index in [4.69, 9.17) is 36.4 Å². The Morgan fingerprint density at radius 1 is 0.969 bits per heavy atom. The van der Waals surface area contributed by atoms with Crippen LogP contribution in [0.2, 0.25) is 5.02 Å². The molecule has 3 fully saturated rings. The Morgan fingerprint density at radius 2 is 1.80 bits per heavy atom. The number of piperidine rings is 1. The smallest absolute Gasteiger partial charge is 0.272 e. The van der Waals surface area contributed by atoms with Gasteiger partial charge in [0.2, 0.25) is 5.91 Å². The Morgan fingerprint density at radius 3 is 2.55 bits per heavy atom. The zero-order chi connectivity index (χ0) is 44.0. The summed E-state index contributed by atoms with van der Waals surface area (Å²) in [5.74, 6) is 8.69. The predicted molar refractivity (Wildman–Crippen MR) is 245 cm³/mol. The van der Waals surface area contributed by atoms with E-state index in [-0.39, 0.29) is 24.0 Å². The molecule has 3 aromatic heterocycles. The maximum Gasteiger partial charge on any atom is 0.272 e. The zero-order valence-corrected chi connectivity index (χ0v) is 37.2. The molecule has 0 bridgehead atoms.